The Bertz CT molecular complexity index is 348. The minimum atomic E-state index is 0.624. The second-order valence-corrected chi connectivity index (χ2v) is 6.36. The summed E-state index contributed by atoms with van der Waals surface area (Å²) < 4.78 is 0. The minimum Gasteiger partial charge on any atom is -0.314 e. The van der Waals surface area contributed by atoms with Crippen molar-refractivity contribution in [1.82, 2.24) is 10.3 Å². The quantitative estimate of drug-likeness (QED) is 0.868. The first kappa shape index (κ1) is 13.0. The van der Waals surface area contributed by atoms with Crippen LogP contribution in [0.1, 0.15) is 43.8 Å². The lowest BCUT2D eigenvalue weighted by molar-refractivity contribution is 0.297. The molecule has 2 rings (SSSR count). The van der Waals surface area contributed by atoms with Crippen molar-refractivity contribution >= 4 is 11.3 Å². The van der Waals surface area contributed by atoms with Gasteiger partial charge in [-0.2, -0.15) is 0 Å². The van der Waals surface area contributed by atoms with Gasteiger partial charge in [0.1, 0.15) is 0 Å². The van der Waals surface area contributed by atoms with E-state index >= 15 is 0 Å². The Labute approximate surface area is 109 Å². The van der Waals surface area contributed by atoms with E-state index < -0.39 is 0 Å². The molecule has 0 radical (unpaired) electrons. The van der Waals surface area contributed by atoms with E-state index in [1.807, 2.05) is 0 Å². The van der Waals surface area contributed by atoms with Gasteiger partial charge in [0, 0.05) is 17.8 Å². The maximum atomic E-state index is 4.61. The number of aromatic nitrogens is 1. The van der Waals surface area contributed by atoms with Crippen molar-refractivity contribution in [3.05, 3.63) is 16.1 Å². The molecular weight excluding hydrogens is 228 g/mol. The molecule has 1 aliphatic rings. The molecule has 1 aliphatic carbocycles. The number of thiazole rings is 1. The molecule has 1 aromatic heterocycles. The molecule has 2 nitrogen and oxygen atoms in total. The fourth-order valence-corrected chi connectivity index (χ4v) is 3.76. The first-order chi connectivity index (χ1) is 8.20. The standard InChI is InChI=1S/C14H24N2S/c1-4-15-14(13-7-5-6-10(13)2)8-12-9-17-11(3)16-12/h9-10,13-15H,4-8H2,1-3H3. The van der Waals surface area contributed by atoms with Gasteiger partial charge in [-0.25, -0.2) is 4.98 Å². The normalized spacial score (nSPS) is 26.3. The lowest BCUT2D eigenvalue weighted by Gasteiger charge is -2.27. The highest BCUT2D eigenvalue weighted by Crippen LogP contribution is 2.34. The van der Waals surface area contributed by atoms with Gasteiger partial charge in [-0.1, -0.05) is 26.7 Å². The Morgan fingerprint density at radius 3 is 2.88 bits per heavy atom. The SMILES string of the molecule is CCNC(Cc1csc(C)n1)C1CCCC1C. The van der Waals surface area contributed by atoms with Crippen LogP contribution in [0, 0.1) is 18.8 Å². The van der Waals surface area contributed by atoms with Crippen molar-refractivity contribution in [2.45, 2.75) is 52.5 Å². The van der Waals surface area contributed by atoms with Gasteiger partial charge in [-0.3, -0.25) is 0 Å². The van der Waals surface area contributed by atoms with Crippen LogP contribution in [0.2, 0.25) is 0 Å². The first-order valence-corrected chi connectivity index (χ1v) is 7.73. The zero-order chi connectivity index (χ0) is 12.3. The Kier molecular flexibility index (Phi) is 4.57. The van der Waals surface area contributed by atoms with Crippen molar-refractivity contribution in [2.75, 3.05) is 6.54 Å². The summed E-state index contributed by atoms with van der Waals surface area (Å²) in [6.45, 7) is 7.78. The van der Waals surface area contributed by atoms with Gasteiger partial charge in [0.25, 0.3) is 0 Å². The van der Waals surface area contributed by atoms with Gasteiger partial charge in [0.2, 0.25) is 0 Å². The predicted molar refractivity (Wildman–Crippen MR) is 74.5 cm³/mol. The molecule has 1 N–H and O–H groups in total. The first-order valence-electron chi connectivity index (χ1n) is 6.85. The fourth-order valence-electron chi connectivity index (χ4n) is 3.14. The van der Waals surface area contributed by atoms with Crippen LogP contribution in [0.15, 0.2) is 5.38 Å². The van der Waals surface area contributed by atoms with Crippen molar-refractivity contribution in [2.24, 2.45) is 11.8 Å². The Morgan fingerprint density at radius 1 is 1.53 bits per heavy atom. The number of nitrogens with one attached hydrogen (secondary N) is 1. The molecule has 1 fully saturated rings. The summed E-state index contributed by atoms with van der Waals surface area (Å²) in [6.07, 6.45) is 5.31. The predicted octanol–water partition coefficient (Wildman–Crippen LogP) is 3.41. The molecule has 3 heteroatoms. The Morgan fingerprint density at radius 2 is 2.35 bits per heavy atom. The third-order valence-electron chi connectivity index (χ3n) is 4.01. The van der Waals surface area contributed by atoms with E-state index in [0.29, 0.717) is 6.04 Å². The van der Waals surface area contributed by atoms with Crippen LogP contribution in [0.25, 0.3) is 0 Å². The molecule has 0 amide bonds. The monoisotopic (exact) mass is 252 g/mol. The van der Waals surface area contributed by atoms with E-state index in [1.54, 1.807) is 11.3 Å². The van der Waals surface area contributed by atoms with E-state index in [2.05, 4.69) is 36.5 Å². The van der Waals surface area contributed by atoms with Crippen LogP contribution in [0.4, 0.5) is 0 Å². The molecule has 1 saturated carbocycles. The van der Waals surface area contributed by atoms with Gasteiger partial charge >= 0.3 is 0 Å². The average Bonchev–Trinajstić information content (AvgIpc) is 2.87. The minimum absolute atomic E-state index is 0.624. The van der Waals surface area contributed by atoms with Crippen LogP contribution < -0.4 is 5.32 Å². The van der Waals surface area contributed by atoms with E-state index in [-0.39, 0.29) is 0 Å². The molecule has 0 aromatic carbocycles. The molecular formula is C14H24N2S. The summed E-state index contributed by atoms with van der Waals surface area (Å²) in [5.74, 6) is 1.72. The lowest BCUT2D eigenvalue weighted by atomic mass is 9.87. The highest BCUT2D eigenvalue weighted by Gasteiger charge is 2.30. The summed E-state index contributed by atoms with van der Waals surface area (Å²) in [5, 5.41) is 7.09. The molecule has 0 aliphatic heterocycles. The van der Waals surface area contributed by atoms with Crippen LogP contribution in [0.5, 0.6) is 0 Å². The third-order valence-corrected chi connectivity index (χ3v) is 4.83. The lowest BCUT2D eigenvalue weighted by Crippen LogP contribution is -2.39. The summed E-state index contributed by atoms with van der Waals surface area (Å²) in [5.41, 5.74) is 1.28. The maximum absolute atomic E-state index is 4.61. The second-order valence-electron chi connectivity index (χ2n) is 5.30. The molecule has 1 heterocycles. The van der Waals surface area contributed by atoms with E-state index in [0.717, 1.165) is 24.8 Å². The molecule has 0 bridgehead atoms. The van der Waals surface area contributed by atoms with Crippen molar-refractivity contribution in [1.29, 1.82) is 0 Å². The maximum Gasteiger partial charge on any atom is 0.0897 e. The second kappa shape index (κ2) is 5.96. The largest absolute Gasteiger partial charge is 0.314 e. The summed E-state index contributed by atoms with van der Waals surface area (Å²) in [6, 6.07) is 0.624. The van der Waals surface area contributed by atoms with E-state index in [1.165, 1.54) is 30.0 Å². The van der Waals surface area contributed by atoms with Crippen molar-refractivity contribution in [3.8, 4) is 0 Å². The fraction of sp³-hybridized carbons (Fsp3) is 0.786. The van der Waals surface area contributed by atoms with Gasteiger partial charge < -0.3 is 5.32 Å². The molecule has 0 spiro atoms. The third kappa shape index (κ3) is 3.29. The van der Waals surface area contributed by atoms with Gasteiger partial charge in [-0.15, -0.1) is 11.3 Å². The van der Waals surface area contributed by atoms with E-state index in [4.69, 9.17) is 0 Å². The molecule has 0 saturated heterocycles. The molecule has 17 heavy (non-hydrogen) atoms. The zero-order valence-corrected chi connectivity index (χ0v) is 12.0. The Balaban J connectivity index is 2.01. The highest BCUT2D eigenvalue weighted by molar-refractivity contribution is 7.09. The Hall–Kier alpha value is -0.410. The van der Waals surface area contributed by atoms with Crippen molar-refractivity contribution < 1.29 is 0 Å². The number of likely N-dealkylation sites (N-methyl/N-ethyl adjacent to an activating group) is 1. The molecule has 3 unspecified atom stereocenters. The van der Waals surface area contributed by atoms with Crippen molar-refractivity contribution in [3.63, 3.8) is 0 Å². The van der Waals surface area contributed by atoms with Crippen LogP contribution in [0.3, 0.4) is 0 Å². The number of aryl methyl sites for hydroxylation is 1. The molecule has 1 aromatic rings. The highest BCUT2D eigenvalue weighted by atomic mass is 32.1. The smallest absolute Gasteiger partial charge is 0.0897 e. The summed E-state index contributed by atoms with van der Waals surface area (Å²) in [4.78, 5) is 4.61. The number of nitrogens with zero attached hydrogens (tertiary/aromatic N) is 1. The average molecular weight is 252 g/mol. The zero-order valence-electron chi connectivity index (χ0n) is 11.2. The van der Waals surface area contributed by atoms with Gasteiger partial charge in [0.05, 0.1) is 10.7 Å². The van der Waals surface area contributed by atoms with Crippen LogP contribution >= 0.6 is 11.3 Å². The topological polar surface area (TPSA) is 24.9 Å². The number of rotatable bonds is 5. The summed E-state index contributed by atoms with van der Waals surface area (Å²) in [7, 11) is 0. The van der Waals surface area contributed by atoms with E-state index in [9.17, 15) is 0 Å². The number of hydrogen-bond acceptors (Lipinski definition) is 3. The van der Waals surface area contributed by atoms with Gasteiger partial charge in [0.15, 0.2) is 0 Å². The van der Waals surface area contributed by atoms with Crippen LogP contribution in [-0.4, -0.2) is 17.6 Å². The van der Waals surface area contributed by atoms with Crippen LogP contribution in [-0.2, 0) is 6.42 Å². The van der Waals surface area contributed by atoms with Gasteiger partial charge in [-0.05, 0) is 31.7 Å². The molecule has 3 atom stereocenters. The molecule has 96 valence electrons. The summed E-state index contributed by atoms with van der Waals surface area (Å²) >= 11 is 1.77. The number of hydrogen-bond donors (Lipinski definition) is 1.